The van der Waals surface area contributed by atoms with Crippen molar-refractivity contribution in [2.45, 2.75) is 18.8 Å². The van der Waals surface area contributed by atoms with E-state index < -0.39 is 17.5 Å². The van der Waals surface area contributed by atoms with Crippen LogP contribution in [0.4, 0.5) is 13.2 Å². The molecule has 1 atom stereocenters. The molecule has 0 saturated carbocycles. The van der Waals surface area contributed by atoms with Gasteiger partial charge in [0.25, 0.3) is 0 Å². The zero-order valence-corrected chi connectivity index (χ0v) is 9.99. The van der Waals surface area contributed by atoms with Crippen molar-refractivity contribution >= 4 is 12.4 Å². The van der Waals surface area contributed by atoms with Gasteiger partial charge in [-0.3, -0.25) is 5.32 Å². The summed E-state index contributed by atoms with van der Waals surface area (Å²) in [6.07, 6.45) is -4.31. The Morgan fingerprint density at radius 3 is 2.59 bits per heavy atom. The van der Waals surface area contributed by atoms with Crippen LogP contribution in [-0.2, 0) is 16.6 Å². The van der Waals surface area contributed by atoms with Crippen molar-refractivity contribution in [3.63, 3.8) is 0 Å². The molecule has 6 heteroatoms. The number of alkyl halides is 3. The molecule has 1 N–H and O–H groups in total. The molecule has 1 aromatic carbocycles. The van der Waals surface area contributed by atoms with Gasteiger partial charge in [-0.15, -0.1) is 12.4 Å². The Morgan fingerprint density at radius 2 is 2.06 bits per heavy atom. The van der Waals surface area contributed by atoms with E-state index in [9.17, 15) is 13.2 Å². The molecular formula is C11H13ClF3NO. The topological polar surface area (TPSA) is 21.3 Å². The molecule has 1 unspecified atom stereocenters. The third-order valence-electron chi connectivity index (χ3n) is 2.70. The molecule has 0 aromatic heterocycles. The van der Waals surface area contributed by atoms with E-state index in [0.717, 1.165) is 12.1 Å². The molecule has 0 radical (unpaired) electrons. The Labute approximate surface area is 104 Å². The molecule has 1 heterocycles. The molecule has 17 heavy (non-hydrogen) atoms. The number of halogens is 4. The lowest BCUT2D eigenvalue weighted by Crippen LogP contribution is -2.34. The van der Waals surface area contributed by atoms with Crippen LogP contribution in [0, 0.1) is 0 Å². The largest absolute Gasteiger partial charge is 0.416 e. The van der Waals surface area contributed by atoms with Gasteiger partial charge in [-0.05, 0) is 24.6 Å². The Hall–Kier alpha value is -0.780. The van der Waals surface area contributed by atoms with E-state index in [-0.39, 0.29) is 12.4 Å². The maximum Gasteiger partial charge on any atom is 0.416 e. The lowest BCUT2D eigenvalue weighted by molar-refractivity contribution is -0.137. The van der Waals surface area contributed by atoms with Crippen LogP contribution >= 0.6 is 12.4 Å². The van der Waals surface area contributed by atoms with Gasteiger partial charge in [-0.2, -0.15) is 13.2 Å². The van der Waals surface area contributed by atoms with Crippen LogP contribution in [0.15, 0.2) is 24.3 Å². The van der Waals surface area contributed by atoms with Gasteiger partial charge >= 0.3 is 6.18 Å². The second-order valence-corrected chi connectivity index (χ2v) is 3.89. The van der Waals surface area contributed by atoms with Gasteiger partial charge in [0.2, 0.25) is 0 Å². The minimum Gasteiger partial charge on any atom is -0.355 e. The van der Waals surface area contributed by atoms with Crippen molar-refractivity contribution in [1.82, 2.24) is 5.32 Å². The predicted molar refractivity (Wildman–Crippen MR) is 60.0 cm³/mol. The van der Waals surface area contributed by atoms with Crippen molar-refractivity contribution in [1.29, 1.82) is 0 Å². The van der Waals surface area contributed by atoms with Gasteiger partial charge in [0, 0.05) is 6.54 Å². The lowest BCUT2D eigenvalue weighted by atomic mass is 10.0. The molecule has 96 valence electrons. The second kappa shape index (κ2) is 4.84. The number of ether oxygens (including phenoxy) is 1. The highest BCUT2D eigenvalue weighted by molar-refractivity contribution is 5.85. The minimum absolute atomic E-state index is 0. The summed E-state index contributed by atoms with van der Waals surface area (Å²) in [5.41, 5.74) is -0.954. The summed E-state index contributed by atoms with van der Waals surface area (Å²) in [6.45, 7) is 2.88. The van der Waals surface area contributed by atoms with E-state index >= 15 is 0 Å². The average molecular weight is 268 g/mol. The van der Waals surface area contributed by atoms with Crippen molar-refractivity contribution in [3.05, 3.63) is 35.4 Å². The number of hydrogen-bond donors (Lipinski definition) is 1. The first kappa shape index (κ1) is 14.3. The summed E-state index contributed by atoms with van der Waals surface area (Å²) < 4.78 is 43.0. The normalized spacial score (nSPS) is 24.5. The van der Waals surface area contributed by atoms with Crippen LogP contribution < -0.4 is 5.32 Å². The molecular weight excluding hydrogens is 255 g/mol. The van der Waals surface area contributed by atoms with E-state index in [0.29, 0.717) is 18.7 Å². The SMILES string of the molecule is CC1(c2cccc(C(F)(F)F)c2)NCCO1.Cl. The Balaban J connectivity index is 0.00000144. The third kappa shape index (κ3) is 2.91. The Kier molecular flexibility index (Phi) is 4.06. The van der Waals surface area contributed by atoms with E-state index in [1.165, 1.54) is 6.07 Å². The number of rotatable bonds is 1. The molecule has 0 bridgehead atoms. The summed E-state index contributed by atoms with van der Waals surface area (Å²) in [5, 5.41) is 3.04. The first-order chi connectivity index (χ1) is 7.42. The summed E-state index contributed by atoms with van der Waals surface area (Å²) in [7, 11) is 0. The summed E-state index contributed by atoms with van der Waals surface area (Å²) in [4.78, 5) is 0. The van der Waals surface area contributed by atoms with E-state index in [4.69, 9.17) is 4.74 Å². The van der Waals surface area contributed by atoms with Gasteiger partial charge < -0.3 is 4.74 Å². The summed E-state index contributed by atoms with van der Waals surface area (Å²) in [5.74, 6) is 0. The highest BCUT2D eigenvalue weighted by atomic mass is 35.5. The summed E-state index contributed by atoms with van der Waals surface area (Å²) >= 11 is 0. The smallest absolute Gasteiger partial charge is 0.355 e. The second-order valence-electron chi connectivity index (χ2n) is 3.89. The average Bonchev–Trinajstić information content (AvgIpc) is 2.66. The number of hydrogen-bond acceptors (Lipinski definition) is 2. The molecule has 0 spiro atoms. The van der Waals surface area contributed by atoms with Crippen LogP contribution in [0.1, 0.15) is 18.1 Å². The molecule has 1 aromatic rings. The fraction of sp³-hybridized carbons (Fsp3) is 0.455. The van der Waals surface area contributed by atoms with Crippen LogP contribution in [0.5, 0.6) is 0 Å². The number of nitrogens with one attached hydrogen (secondary N) is 1. The monoisotopic (exact) mass is 267 g/mol. The van der Waals surface area contributed by atoms with E-state index in [1.807, 2.05) is 0 Å². The first-order valence-electron chi connectivity index (χ1n) is 4.98. The highest BCUT2D eigenvalue weighted by Gasteiger charge is 2.35. The molecule has 2 nitrogen and oxygen atoms in total. The minimum atomic E-state index is -4.31. The van der Waals surface area contributed by atoms with Crippen molar-refractivity contribution in [3.8, 4) is 0 Å². The molecule has 1 aliphatic heterocycles. The third-order valence-corrected chi connectivity index (χ3v) is 2.70. The zero-order chi connectivity index (χ0) is 11.8. The highest BCUT2D eigenvalue weighted by Crippen LogP contribution is 2.33. The standard InChI is InChI=1S/C11H12F3NO.ClH/c1-10(15-5-6-16-10)8-3-2-4-9(7-8)11(12,13)14;/h2-4,7,15H,5-6H2,1H3;1H. The van der Waals surface area contributed by atoms with Gasteiger partial charge in [-0.25, -0.2) is 0 Å². The molecule has 1 aliphatic rings. The van der Waals surface area contributed by atoms with Crippen molar-refractivity contribution in [2.75, 3.05) is 13.2 Å². The Morgan fingerprint density at radius 1 is 1.35 bits per heavy atom. The van der Waals surface area contributed by atoms with Gasteiger partial charge in [0.15, 0.2) is 0 Å². The van der Waals surface area contributed by atoms with Crippen molar-refractivity contribution in [2.24, 2.45) is 0 Å². The zero-order valence-electron chi connectivity index (χ0n) is 9.17. The van der Waals surface area contributed by atoms with Crippen LogP contribution in [0.3, 0.4) is 0 Å². The van der Waals surface area contributed by atoms with Gasteiger partial charge in [0.05, 0.1) is 12.2 Å². The van der Waals surface area contributed by atoms with Crippen LogP contribution in [-0.4, -0.2) is 13.2 Å². The first-order valence-corrected chi connectivity index (χ1v) is 4.98. The predicted octanol–water partition coefficient (Wildman–Crippen LogP) is 2.92. The molecule has 1 saturated heterocycles. The molecule has 0 amide bonds. The fourth-order valence-corrected chi connectivity index (χ4v) is 1.77. The van der Waals surface area contributed by atoms with Crippen LogP contribution in [0.2, 0.25) is 0 Å². The lowest BCUT2D eigenvalue weighted by Gasteiger charge is -2.24. The maximum atomic E-state index is 12.5. The number of benzene rings is 1. The van der Waals surface area contributed by atoms with Gasteiger partial charge in [-0.1, -0.05) is 12.1 Å². The quantitative estimate of drug-likeness (QED) is 0.845. The fourth-order valence-electron chi connectivity index (χ4n) is 1.77. The van der Waals surface area contributed by atoms with Crippen LogP contribution in [0.25, 0.3) is 0 Å². The molecule has 2 rings (SSSR count). The van der Waals surface area contributed by atoms with Gasteiger partial charge in [0.1, 0.15) is 5.72 Å². The van der Waals surface area contributed by atoms with Crippen molar-refractivity contribution < 1.29 is 17.9 Å². The maximum absolute atomic E-state index is 12.5. The Bertz CT molecular complexity index is 389. The van der Waals surface area contributed by atoms with E-state index in [2.05, 4.69) is 5.32 Å². The summed E-state index contributed by atoms with van der Waals surface area (Å²) in [6, 6.07) is 5.21. The molecule has 0 aliphatic carbocycles. The molecule has 1 fully saturated rings. The van der Waals surface area contributed by atoms with E-state index in [1.54, 1.807) is 13.0 Å².